The number of hydrogen-bond acceptors (Lipinski definition) is 4. The number of phenols is 3. The van der Waals surface area contributed by atoms with Gasteiger partial charge in [0.25, 0.3) is 0 Å². The van der Waals surface area contributed by atoms with E-state index < -0.39 is 0 Å². The zero-order valence-corrected chi connectivity index (χ0v) is 9.08. The van der Waals surface area contributed by atoms with Crippen LogP contribution in [0.5, 0.6) is 23.0 Å². The average molecular weight is 233 g/mol. The monoisotopic (exact) mass is 233 g/mol. The second kappa shape index (κ2) is 6.27. The van der Waals surface area contributed by atoms with Crippen molar-refractivity contribution < 1.29 is 20.1 Å². The molecule has 4 nitrogen and oxygen atoms in total. The molecular weight excluding hydrogens is 220 g/mol. The first kappa shape index (κ1) is 12.7. The molecule has 0 aliphatic rings. The first-order valence-electron chi connectivity index (χ1n) is 4.81. The van der Waals surface area contributed by atoms with E-state index in [2.05, 4.69) is 11.8 Å². The van der Waals surface area contributed by atoms with Crippen LogP contribution in [0, 0.1) is 7.11 Å². The molecule has 3 N–H and O–H groups in total. The highest BCUT2D eigenvalue weighted by Crippen LogP contribution is 2.15. The predicted octanol–water partition coefficient (Wildman–Crippen LogP) is 2.66. The number of ether oxygens (including phenoxy) is 1. The Morgan fingerprint density at radius 3 is 1.24 bits per heavy atom. The fourth-order valence-electron chi connectivity index (χ4n) is 0.995. The maximum Gasteiger partial charge on any atom is 0.122 e. The minimum absolute atomic E-state index is 0.169. The van der Waals surface area contributed by atoms with Gasteiger partial charge in [0, 0.05) is 0 Å². The summed E-state index contributed by atoms with van der Waals surface area (Å²) >= 11 is 0. The van der Waals surface area contributed by atoms with E-state index in [1.54, 1.807) is 24.3 Å². The zero-order chi connectivity index (χ0) is 12.7. The van der Waals surface area contributed by atoms with Crippen LogP contribution in [0.1, 0.15) is 0 Å². The third-order valence-corrected chi connectivity index (χ3v) is 1.85. The maximum atomic E-state index is 8.78. The number of hydrogen-bond donors (Lipinski definition) is 3. The molecule has 0 aliphatic heterocycles. The number of phenolic OH excluding ortho intramolecular Hbond substituents is 3. The first-order valence-corrected chi connectivity index (χ1v) is 4.81. The van der Waals surface area contributed by atoms with Crippen LogP contribution in [0.25, 0.3) is 0 Å². The largest absolute Gasteiger partial charge is 0.508 e. The van der Waals surface area contributed by atoms with Crippen molar-refractivity contribution in [1.82, 2.24) is 0 Å². The molecule has 0 aliphatic carbocycles. The predicted molar refractivity (Wildman–Crippen MR) is 63.9 cm³/mol. The van der Waals surface area contributed by atoms with Gasteiger partial charge < -0.3 is 20.1 Å². The van der Waals surface area contributed by atoms with Gasteiger partial charge in [0.15, 0.2) is 0 Å². The quantitative estimate of drug-likeness (QED) is 0.662. The summed E-state index contributed by atoms with van der Waals surface area (Å²) in [5.41, 5.74) is 0. The first-order chi connectivity index (χ1) is 8.11. The lowest BCUT2D eigenvalue weighted by molar-refractivity contribution is 0.460. The van der Waals surface area contributed by atoms with E-state index in [4.69, 9.17) is 15.3 Å². The Balaban J connectivity index is 0.000000171. The molecule has 89 valence electrons. The molecule has 0 heterocycles. The topological polar surface area (TPSA) is 69.9 Å². The van der Waals surface area contributed by atoms with Crippen molar-refractivity contribution in [2.24, 2.45) is 0 Å². The van der Waals surface area contributed by atoms with Crippen molar-refractivity contribution in [3.8, 4) is 23.0 Å². The van der Waals surface area contributed by atoms with Gasteiger partial charge in [-0.3, -0.25) is 0 Å². The van der Waals surface area contributed by atoms with E-state index in [0.717, 1.165) is 0 Å². The highest BCUT2D eigenvalue weighted by atomic mass is 16.5. The van der Waals surface area contributed by atoms with Gasteiger partial charge in [0.2, 0.25) is 0 Å². The molecule has 0 saturated heterocycles. The fourth-order valence-corrected chi connectivity index (χ4v) is 0.995. The lowest BCUT2D eigenvalue weighted by Crippen LogP contribution is -1.75. The molecule has 2 aromatic rings. The summed E-state index contributed by atoms with van der Waals surface area (Å²) in [5, 5.41) is 26.1. The van der Waals surface area contributed by atoms with E-state index in [-0.39, 0.29) is 17.2 Å². The maximum absolute atomic E-state index is 8.78. The molecule has 2 aromatic carbocycles. The number of rotatable bonds is 1. The fraction of sp³-hybridized carbons (Fsp3) is 0. The molecule has 17 heavy (non-hydrogen) atoms. The van der Waals surface area contributed by atoms with E-state index in [0.29, 0.717) is 5.75 Å². The highest BCUT2D eigenvalue weighted by Gasteiger charge is 1.87. The molecule has 0 spiro atoms. The Hall–Kier alpha value is -2.36. The van der Waals surface area contributed by atoms with E-state index in [1.165, 1.54) is 24.3 Å². The van der Waals surface area contributed by atoms with Gasteiger partial charge in [0.05, 0.1) is 0 Å². The van der Waals surface area contributed by atoms with Gasteiger partial charge in [-0.1, -0.05) is 0 Å². The van der Waals surface area contributed by atoms with Crippen LogP contribution in [0.15, 0.2) is 48.5 Å². The molecule has 0 aromatic heterocycles. The molecule has 0 atom stereocenters. The van der Waals surface area contributed by atoms with Crippen molar-refractivity contribution >= 4 is 0 Å². The summed E-state index contributed by atoms with van der Waals surface area (Å²) in [4.78, 5) is 0. The van der Waals surface area contributed by atoms with Gasteiger partial charge in [-0.15, -0.1) is 0 Å². The van der Waals surface area contributed by atoms with Crippen molar-refractivity contribution in [3.63, 3.8) is 0 Å². The summed E-state index contributed by atoms with van der Waals surface area (Å²) in [5.74, 6) is 1.22. The van der Waals surface area contributed by atoms with Gasteiger partial charge in [-0.2, -0.15) is 0 Å². The van der Waals surface area contributed by atoms with E-state index in [9.17, 15) is 0 Å². The normalized spacial score (nSPS) is 9.00. The Morgan fingerprint density at radius 2 is 0.941 bits per heavy atom. The van der Waals surface area contributed by atoms with Crippen LogP contribution >= 0.6 is 0 Å². The minimum atomic E-state index is 0.169. The standard InChI is InChI=1S/C7H7O2.C6H6O2/c1-9-7-4-2-6(8)3-5-7;7-5-1-2-6(8)4-3-5/h2-5,8H,1H2;1-4,7-8H. The van der Waals surface area contributed by atoms with Gasteiger partial charge in [-0.05, 0) is 48.5 Å². The van der Waals surface area contributed by atoms with Gasteiger partial charge in [-0.25, -0.2) is 0 Å². The Bertz CT molecular complexity index is 413. The smallest absolute Gasteiger partial charge is 0.122 e. The van der Waals surface area contributed by atoms with Crippen LogP contribution in [-0.2, 0) is 0 Å². The average Bonchev–Trinajstić information content (AvgIpc) is 2.35. The van der Waals surface area contributed by atoms with Gasteiger partial charge in [0.1, 0.15) is 30.1 Å². The lowest BCUT2D eigenvalue weighted by Gasteiger charge is -1.96. The Morgan fingerprint density at radius 1 is 0.647 bits per heavy atom. The van der Waals surface area contributed by atoms with Crippen LogP contribution in [-0.4, -0.2) is 15.3 Å². The highest BCUT2D eigenvalue weighted by molar-refractivity contribution is 5.30. The van der Waals surface area contributed by atoms with Crippen LogP contribution in [0.2, 0.25) is 0 Å². The summed E-state index contributed by atoms with van der Waals surface area (Å²) in [6, 6.07) is 12.1. The van der Waals surface area contributed by atoms with Crippen molar-refractivity contribution in [2.45, 2.75) is 0 Å². The van der Waals surface area contributed by atoms with Crippen molar-refractivity contribution in [3.05, 3.63) is 55.6 Å². The van der Waals surface area contributed by atoms with Crippen LogP contribution in [0.4, 0.5) is 0 Å². The summed E-state index contributed by atoms with van der Waals surface area (Å²) < 4.78 is 4.61. The summed E-state index contributed by atoms with van der Waals surface area (Å²) in [6.07, 6.45) is 0. The van der Waals surface area contributed by atoms with E-state index >= 15 is 0 Å². The molecule has 0 fully saturated rings. The Labute approximate surface area is 99.4 Å². The number of benzene rings is 2. The SMILES string of the molecule is Oc1ccc(O)cc1.[CH2]Oc1ccc(O)cc1. The Kier molecular flexibility index (Phi) is 4.69. The van der Waals surface area contributed by atoms with Crippen molar-refractivity contribution in [1.29, 1.82) is 0 Å². The summed E-state index contributed by atoms with van der Waals surface area (Å²) in [6.45, 7) is 0. The molecule has 0 saturated carbocycles. The van der Waals surface area contributed by atoms with Crippen LogP contribution < -0.4 is 4.74 Å². The van der Waals surface area contributed by atoms with E-state index in [1.807, 2.05) is 0 Å². The molecular formula is C13H13O4. The molecule has 0 bridgehead atoms. The third-order valence-electron chi connectivity index (χ3n) is 1.85. The molecule has 2 rings (SSSR count). The van der Waals surface area contributed by atoms with Gasteiger partial charge >= 0.3 is 0 Å². The lowest BCUT2D eigenvalue weighted by atomic mass is 10.3. The molecule has 0 amide bonds. The zero-order valence-electron chi connectivity index (χ0n) is 9.08. The third kappa shape index (κ3) is 4.79. The number of aromatic hydroxyl groups is 3. The second-order valence-electron chi connectivity index (χ2n) is 3.15. The molecule has 4 heteroatoms. The van der Waals surface area contributed by atoms with Crippen molar-refractivity contribution in [2.75, 3.05) is 0 Å². The second-order valence-corrected chi connectivity index (χ2v) is 3.15. The summed E-state index contributed by atoms with van der Waals surface area (Å²) in [7, 11) is 3.20. The molecule has 1 radical (unpaired) electrons. The minimum Gasteiger partial charge on any atom is -0.508 e. The molecule has 0 unspecified atom stereocenters. The van der Waals surface area contributed by atoms with Crippen LogP contribution in [0.3, 0.4) is 0 Å².